The van der Waals surface area contributed by atoms with Gasteiger partial charge in [0.2, 0.25) is 0 Å². The van der Waals surface area contributed by atoms with Crippen molar-refractivity contribution in [3.8, 4) is 0 Å². The molecule has 108 valence electrons. The Labute approximate surface area is 112 Å². The van der Waals surface area contributed by atoms with Crippen molar-refractivity contribution in [1.29, 1.82) is 0 Å². The summed E-state index contributed by atoms with van der Waals surface area (Å²) in [4.78, 5) is 0. The van der Waals surface area contributed by atoms with E-state index in [1.807, 2.05) is 13.8 Å². The Balaban J connectivity index is 3.10. The predicted octanol–water partition coefficient (Wildman–Crippen LogP) is 2.93. The number of nitrogens with one attached hydrogen (secondary N) is 1. The van der Waals surface area contributed by atoms with Crippen LogP contribution in [-0.4, -0.2) is 26.6 Å². The minimum atomic E-state index is -0.858. The maximum atomic E-state index is 14.0. The Morgan fingerprint density at radius 2 is 1.68 bits per heavy atom. The van der Waals surface area contributed by atoms with Gasteiger partial charge in [-0.2, -0.15) is 0 Å². The fraction of sp³-hybridized carbons (Fsp3) is 0.571. The van der Waals surface area contributed by atoms with E-state index in [2.05, 4.69) is 5.32 Å². The molecular formula is C14H21F2NO2. The molecule has 0 amide bonds. The van der Waals surface area contributed by atoms with E-state index in [9.17, 15) is 8.78 Å². The largest absolute Gasteiger partial charge is 0.351 e. The van der Waals surface area contributed by atoms with Crippen molar-refractivity contribution in [2.45, 2.75) is 33.1 Å². The van der Waals surface area contributed by atoms with Crippen molar-refractivity contribution in [2.75, 3.05) is 20.3 Å². The smallest absolute Gasteiger partial charge is 0.176 e. The van der Waals surface area contributed by atoms with Crippen molar-refractivity contribution in [3.63, 3.8) is 0 Å². The third-order valence-corrected chi connectivity index (χ3v) is 2.89. The summed E-state index contributed by atoms with van der Waals surface area (Å²) in [6.07, 6.45) is -0.656. The minimum Gasteiger partial charge on any atom is -0.351 e. The van der Waals surface area contributed by atoms with Crippen molar-refractivity contribution >= 4 is 0 Å². The molecular weight excluding hydrogens is 252 g/mol. The number of rotatable bonds is 7. The molecule has 0 saturated carbocycles. The summed E-state index contributed by atoms with van der Waals surface area (Å²) >= 11 is 0. The van der Waals surface area contributed by atoms with Crippen LogP contribution in [0.15, 0.2) is 12.1 Å². The molecule has 5 heteroatoms. The molecule has 0 radical (unpaired) electrons. The summed E-state index contributed by atoms with van der Waals surface area (Å²) in [5.74, 6) is -1.69. The molecule has 1 aromatic rings. The first-order chi connectivity index (χ1) is 9.06. The maximum Gasteiger partial charge on any atom is 0.176 e. The molecule has 1 atom stereocenters. The van der Waals surface area contributed by atoms with Gasteiger partial charge in [0, 0.05) is 18.8 Å². The molecule has 1 unspecified atom stereocenters. The zero-order chi connectivity index (χ0) is 14.4. The number of hydrogen-bond donors (Lipinski definition) is 1. The zero-order valence-corrected chi connectivity index (χ0v) is 11.8. The van der Waals surface area contributed by atoms with Gasteiger partial charge in [0.25, 0.3) is 0 Å². The summed E-state index contributed by atoms with van der Waals surface area (Å²) in [6, 6.07) is 2.54. The van der Waals surface area contributed by atoms with Crippen LogP contribution in [0.2, 0.25) is 0 Å². The first kappa shape index (κ1) is 16.0. The lowest BCUT2D eigenvalue weighted by Crippen LogP contribution is -2.35. The molecule has 1 N–H and O–H groups in total. The van der Waals surface area contributed by atoms with Crippen LogP contribution in [-0.2, 0) is 9.47 Å². The van der Waals surface area contributed by atoms with E-state index in [1.165, 1.54) is 6.92 Å². The van der Waals surface area contributed by atoms with Crippen molar-refractivity contribution < 1.29 is 18.3 Å². The average molecular weight is 273 g/mol. The summed E-state index contributed by atoms with van der Waals surface area (Å²) < 4.78 is 38.5. The summed E-state index contributed by atoms with van der Waals surface area (Å²) in [7, 11) is 1.66. The van der Waals surface area contributed by atoms with Crippen molar-refractivity contribution in [3.05, 3.63) is 34.9 Å². The van der Waals surface area contributed by atoms with Crippen LogP contribution in [0.1, 0.15) is 31.0 Å². The monoisotopic (exact) mass is 273 g/mol. The molecule has 0 saturated heterocycles. The summed E-state index contributed by atoms with van der Waals surface area (Å²) in [5.41, 5.74) is 0.484. The van der Waals surface area contributed by atoms with Crippen molar-refractivity contribution in [1.82, 2.24) is 5.32 Å². The number of hydrogen-bond acceptors (Lipinski definition) is 3. The molecule has 0 aliphatic rings. The van der Waals surface area contributed by atoms with Crippen LogP contribution in [0.25, 0.3) is 0 Å². The Hall–Kier alpha value is -1.04. The van der Waals surface area contributed by atoms with E-state index in [0.29, 0.717) is 13.2 Å². The number of aryl methyl sites for hydroxylation is 1. The van der Waals surface area contributed by atoms with Gasteiger partial charge in [0.15, 0.2) is 17.9 Å². The molecule has 0 fully saturated rings. The highest BCUT2D eigenvalue weighted by Crippen LogP contribution is 2.26. The highest BCUT2D eigenvalue weighted by molar-refractivity contribution is 5.28. The van der Waals surface area contributed by atoms with Crippen LogP contribution < -0.4 is 5.32 Å². The van der Waals surface area contributed by atoms with E-state index in [1.54, 1.807) is 19.2 Å². The third kappa shape index (κ3) is 3.72. The quantitative estimate of drug-likeness (QED) is 0.775. The molecule has 0 bridgehead atoms. The second kappa shape index (κ2) is 7.53. The highest BCUT2D eigenvalue weighted by atomic mass is 19.2. The van der Waals surface area contributed by atoms with E-state index in [-0.39, 0.29) is 11.1 Å². The zero-order valence-electron chi connectivity index (χ0n) is 11.8. The van der Waals surface area contributed by atoms with Crippen LogP contribution in [0.5, 0.6) is 0 Å². The average Bonchev–Trinajstić information content (AvgIpc) is 2.40. The van der Waals surface area contributed by atoms with E-state index in [0.717, 1.165) is 0 Å². The number of halogens is 2. The summed E-state index contributed by atoms with van der Waals surface area (Å²) in [5, 5.41) is 2.92. The van der Waals surface area contributed by atoms with Crippen LogP contribution in [0.3, 0.4) is 0 Å². The lowest BCUT2D eigenvalue weighted by molar-refractivity contribution is -0.154. The molecule has 1 rings (SSSR count). The minimum absolute atomic E-state index is 0.206. The molecule has 0 aromatic heterocycles. The number of ether oxygens (including phenoxy) is 2. The molecule has 1 aromatic carbocycles. The van der Waals surface area contributed by atoms with Gasteiger partial charge >= 0.3 is 0 Å². The van der Waals surface area contributed by atoms with Gasteiger partial charge < -0.3 is 14.8 Å². The van der Waals surface area contributed by atoms with Gasteiger partial charge in [-0.05, 0) is 33.4 Å². The lowest BCUT2D eigenvalue weighted by atomic mass is 10.0. The van der Waals surface area contributed by atoms with E-state index >= 15 is 0 Å². The van der Waals surface area contributed by atoms with Gasteiger partial charge in [0.1, 0.15) is 0 Å². The fourth-order valence-electron chi connectivity index (χ4n) is 1.91. The van der Waals surface area contributed by atoms with Gasteiger partial charge in [-0.25, -0.2) is 8.78 Å². The topological polar surface area (TPSA) is 30.5 Å². The van der Waals surface area contributed by atoms with E-state index in [4.69, 9.17) is 9.47 Å². The Morgan fingerprint density at radius 3 is 2.16 bits per heavy atom. The molecule has 19 heavy (non-hydrogen) atoms. The SMILES string of the molecule is CCOC(OCC)C(NC)c1ccc(C)c(F)c1F. The maximum absolute atomic E-state index is 14.0. The lowest BCUT2D eigenvalue weighted by Gasteiger charge is -2.27. The fourth-order valence-corrected chi connectivity index (χ4v) is 1.91. The normalized spacial score (nSPS) is 13.0. The van der Waals surface area contributed by atoms with E-state index < -0.39 is 24.0 Å². The standard InChI is InChI=1S/C14H21F2NO2/c1-5-18-14(19-6-2)13(17-4)10-8-7-9(3)11(15)12(10)16/h7-8,13-14,17H,5-6H2,1-4H3. The Kier molecular flexibility index (Phi) is 6.34. The molecule has 0 heterocycles. The Bertz CT molecular complexity index is 407. The second-order valence-corrected chi connectivity index (χ2v) is 4.15. The molecule has 0 aliphatic heterocycles. The number of benzene rings is 1. The van der Waals surface area contributed by atoms with Gasteiger partial charge in [-0.1, -0.05) is 12.1 Å². The van der Waals surface area contributed by atoms with Crippen LogP contribution in [0, 0.1) is 18.6 Å². The second-order valence-electron chi connectivity index (χ2n) is 4.15. The summed E-state index contributed by atoms with van der Waals surface area (Å²) in [6.45, 7) is 6.03. The predicted molar refractivity (Wildman–Crippen MR) is 69.9 cm³/mol. The van der Waals surface area contributed by atoms with Crippen LogP contribution >= 0.6 is 0 Å². The van der Waals surface area contributed by atoms with Gasteiger partial charge in [-0.15, -0.1) is 0 Å². The molecule has 0 aliphatic carbocycles. The van der Waals surface area contributed by atoms with Gasteiger partial charge in [0.05, 0.1) is 6.04 Å². The molecule has 3 nitrogen and oxygen atoms in total. The third-order valence-electron chi connectivity index (χ3n) is 2.89. The Morgan fingerprint density at radius 1 is 1.11 bits per heavy atom. The highest BCUT2D eigenvalue weighted by Gasteiger charge is 2.27. The number of likely N-dealkylation sites (N-methyl/N-ethyl adjacent to an activating group) is 1. The van der Waals surface area contributed by atoms with Crippen molar-refractivity contribution in [2.24, 2.45) is 0 Å². The van der Waals surface area contributed by atoms with Gasteiger partial charge in [-0.3, -0.25) is 0 Å². The first-order valence-electron chi connectivity index (χ1n) is 6.41. The van der Waals surface area contributed by atoms with Crippen LogP contribution in [0.4, 0.5) is 8.78 Å². The first-order valence-corrected chi connectivity index (χ1v) is 6.41. The molecule has 0 spiro atoms.